The van der Waals surface area contributed by atoms with Crippen molar-refractivity contribution in [1.82, 2.24) is 10.2 Å². The maximum absolute atomic E-state index is 12.7. The van der Waals surface area contributed by atoms with Gasteiger partial charge in [0.15, 0.2) is 0 Å². The largest absolute Gasteiger partial charge is 0.468 e. The molecule has 0 aromatic heterocycles. The summed E-state index contributed by atoms with van der Waals surface area (Å²) in [5.74, 6) is -0.525. The number of ether oxygens (including phenoxy) is 1. The summed E-state index contributed by atoms with van der Waals surface area (Å²) in [7, 11) is 1.37. The zero-order valence-electron chi connectivity index (χ0n) is 15.7. The molecular formula is C21H22Cl2N2O3. The Balaban J connectivity index is 1.71. The van der Waals surface area contributed by atoms with Crippen molar-refractivity contribution in [2.24, 2.45) is 0 Å². The van der Waals surface area contributed by atoms with E-state index in [-0.39, 0.29) is 24.5 Å². The van der Waals surface area contributed by atoms with Crippen molar-refractivity contribution >= 4 is 35.1 Å². The molecule has 0 fully saturated rings. The summed E-state index contributed by atoms with van der Waals surface area (Å²) < 4.78 is 4.95. The van der Waals surface area contributed by atoms with Crippen LogP contribution in [0.15, 0.2) is 42.5 Å². The second-order valence-electron chi connectivity index (χ2n) is 6.87. The molecule has 0 unspecified atom stereocenters. The molecule has 2 atom stereocenters. The van der Waals surface area contributed by atoms with Crippen LogP contribution in [0.4, 0.5) is 0 Å². The number of rotatable bonds is 5. The van der Waals surface area contributed by atoms with Crippen LogP contribution in [0.3, 0.4) is 0 Å². The average molecular weight is 421 g/mol. The third-order valence-electron chi connectivity index (χ3n) is 4.97. The number of benzene rings is 2. The summed E-state index contributed by atoms with van der Waals surface area (Å²) in [6, 6.07) is 12.3. The first-order valence-electron chi connectivity index (χ1n) is 9.02. The minimum absolute atomic E-state index is 0.0870. The lowest BCUT2D eigenvalue weighted by atomic mass is 9.94. The van der Waals surface area contributed by atoms with Crippen LogP contribution in [0.2, 0.25) is 10.0 Å². The van der Waals surface area contributed by atoms with Crippen LogP contribution in [0.1, 0.15) is 29.7 Å². The molecule has 0 saturated carbocycles. The number of carbonyl (C=O) groups is 2. The van der Waals surface area contributed by atoms with E-state index in [9.17, 15) is 9.59 Å². The quantitative estimate of drug-likeness (QED) is 0.747. The number of hydrogen-bond donors (Lipinski definition) is 1. The van der Waals surface area contributed by atoms with E-state index >= 15 is 0 Å². The first kappa shape index (κ1) is 20.6. The lowest BCUT2D eigenvalue weighted by Crippen LogP contribution is -2.50. The molecule has 148 valence electrons. The molecule has 1 aliphatic heterocycles. The summed E-state index contributed by atoms with van der Waals surface area (Å²) in [6.45, 7) is 2.46. The van der Waals surface area contributed by atoms with E-state index in [1.165, 1.54) is 7.11 Å². The van der Waals surface area contributed by atoms with Gasteiger partial charge < -0.3 is 10.1 Å². The van der Waals surface area contributed by atoms with Gasteiger partial charge in [-0.15, -0.1) is 0 Å². The Labute approximate surface area is 174 Å². The number of nitrogens with zero attached hydrogens (tertiary/aromatic N) is 1. The molecule has 1 aliphatic rings. The van der Waals surface area contributed by atoms with E-state index in [1.807, 2.05) is 36.1 Å². The summed E-state index contributed by atoms with van der Waals surface area (Å²) in [5, 5.41) is 3.99. The number of esters is 1. The smallest absolute Gasteiger partial charge is 0.323 e. The number of fused-ring (bicyclic) bond motifs is 1. The van der Waals surface area contributed by atoms with Gasteiger partial charge >= 0.3 is 5.97 Å². The first-order valence-corrected chi connectivity index (χ1v) is 9.77. The van der Waals surface area contributed by atoms with Gasteiger partial charge in [-0.2, -0.15) is 0 Å². The number of nitrogens with one attached hydrogen (secondary N) is 1. The number of carbonyl (C=O) groups excluding carboxylic acids is 2. The molecule has 5 nitrogen and oxygen atoms in total. The topological polar surface area (TPSA) is 58.6 Å². The van der Waals surface area contributed by atoms with Crippen LogP contribution in [0.25, 0.3) is 0 Å². The van der Waals surface area contributed by atoms with Crippen molar-refractivity contribution < 1.29 is 14.3 Å². The van der Waals surface area contributed by atoms with Gasteiger partial charge in [0.1, 0.15) is 6.04 Å². The van der Waals surface area contributed by atoms with Gasteiger partial charge in [-0.1, -0.05) is 53.5 Å². The predicted molar refractivity (Wildman–Crippen MR) is 109 cm³/mol. The molecule has 28 heavy (non-hydrogen) atoms. The first-order chi connectivity index (χ1) is 13.4. The minimum atomic E-state index is -0.486. The molecule has 0 radical (unpaired) electrons. The molecule has 1 N–H and O–H groups in total. The van der Waals surface area contributed by atoms with Gasteiger partial charge in [0.25, 0.3) is 0 Å². The molecule has 2 aromatic carbocycles. The maximum Gasteiger partial charge on any atom is 0.323 e. The van der Waals surface area contributed by atoms with E-state index < -0.39 is 6.04 Å². The Hall–Kier alpha value is -2.08. The monoisotopic (exact) mass is 420 g/mol. The van der Waals surface area contributed by atoms with E-state index in [2.05, 4.69) is 5.32 Å². The van der Waals surface area contributed by atoms with Crippen LogP contribution in [0.5, 0.6) is 0 Å². The number of halogens is 2. The van der Waals surface area contributed by atoms with Gasteiger partial charge in [-0.25, -0.2) is 0 Å². The van der Waals surface area contributed by atoms with Crippen LogP contribution in [-0.2, 0) is 27.3 Å². The zero-order valence-corrected chi connectivity index (χ0v) is 17.3. The summed E-state index contributed by atoms with van der Waals surface area (Å²) in [6.07, 6.45) is 0.523. The average Bonchev–Trinajstić information content (AvgIpc) is 2.66. The highest BCUT2D eigenvalue weighted by atomic mass is 35.5. The van der Waals surface area contributed by atoms with Gasteiger partial charge in [-0.3, -0.25) is 14.5 Å². The molecule has 0 saturated heterocycles. The number of methoxy groups -OCH3 is 1. The van der Waals surface area contributed by atoms with Crippen molar-refractivity contribution in [3.8, 4) is 0 Å². The lowest BCUT2D eigenvalue weighted by molar-refractivity contribution is -0.148. The molecule has 7 heteroatoms. The van der Waals surface area contributed by atoms with Gasteiger partial charge in [0.05, 0.1) is 19.7 Å². The van der Waals surface area contributed by atoms with Crippen molar-refractivity contribution in [1.29, 1.82) is 0 Å². The number of hydrogen-bond acceptors (Lipinski definition) is 4. The fraction of sp³-hybridized carbons (Fsp3) is 0.333. The fourth-order valence-electron chi connectivity index (χ4n) is 3.51. The third-order valence-corrected chi connectivity index (χ3v) is 5.53. The maximum atomic E-state index is 12.7. The normalized spacial score (nSPS) is 17.5. The van der Waals surface area contributed by atoms with E-state index in [0.29, 0.717) is 23.0 Å². The molecule has 2 aromatic rings. The van der Waals surface area contributed by atoms with E-state index in [1.54, 1.807) is 18.2 Å². The highest BCUT2D eigenvalue weighted by molar-refractivity contribution is 6.35. The second-order valence-corrected chi connectivity index (χ2v) is 7.72. The highest BCUT2D eigenvalue weighted by Gasteiger charge is 2.33. The second kappa shape index (κ2) is 8.95. The molecule has 0 spiro atoms. The Bertz CT molecular complexity index is 888. The Morgan fingerprint density at radius 2 is 1.93 bits per heavy atom. The SMILES string of the molecule is COC(=O)[C@H]1Cc2ccccc2CN1CC(=O)N[C@H](C)c1ccc(Cl)cc1Cl. The van der Waals surface area contributed by atoms with E-state index in [0.717, 1.165) is 16.7 Å². The Kier molecular flexibility index (Phi) is 6.60. The number of amides is 1. The van der Waals surface area contributed by atoms with Crippen molar-refractivity contribution in [2.45, 2.75) is 32.0 Å². The molecule has 1 heterocycles. The molecule has 1 amide bonds. The molecule has 3 rings (SSSR count). The lowest BCUT2D eigenvalue weighted by Gasteiger charge is -2.34. The minimum Gasteiger partial charge on any atom is -0.468 e. The van der Waals surface area contributed by atoms with Gasteiger partial charge in [0.2, 0.25) is 5.91 Å². The van der Waals surface area contributed by atoms with Crippen LogP contribution in [0, 0.1) is 0 Å². The third kappa shape index (κ3) is 4.66. The Morgan fingerprint density at radius 3 is 2.61 bits per heavy atom. The van der Waals surface area contributed by atoms with Crippen LogP contribution >= 0.6 is 23.2 Å². The fourth-order valence-corrected chi connectivity index (χ4v) is 4.09. The molecule has 0 bridgehead atoms. The van der Waals surface area contributed by atoms with Crippen molar-refractivity contribution in [2.75, 3.05) is 13.7 Å². The van der Waals surface area contributed by atoms with Crippen LogP contribution < -0.4 is 5.32 Å². The Morgan fingerprint density at radius 1 is 1.21 bits per heavy atom. The van der Waals surface area contributed by atoms with Gasteiger partial charge in [0, 0.05) is 16.6 Å². The van der Waals surface area contributed by atoms with Crippen molar-refractivity contribution in [3.05, 3.63) is 69.2 Å². The molecular weight excluding hydrogens is 399 g/mol. The summed E-state index contributed by atoms with van der Waals surface area (Å²) in [4.78, 5) is 26.8. The van der Waals surface area contributed by atoms with Crippen molar-refractivity contribution in [3.63, 3.8) is 0 Å². The summed E-state index contributed by atoms with van der Waals surface area (Å²) >= 11 is 12.2. The molecule has 0 aliphatic carbocycles. The highest BCUT2D eigenvalue weighted by Crippen LogP contribution is 2.27. The van der Waals surface area contributed by atoms with Crippen LogP contribution in [-0.4, -0.2) is 36.5 Å². The van der Waals surface area contributed by atoms with Gasteiger partial charge in [-0.05, 0) is 42.2 Å². The zero-order chi connectivity index (χ0) is 20.3. The predicted octanol–water partition coefficient (Wildman–Crippen LogP) is 3.77. The van der Waals surface area contributed by atoms with E-state index in [4.69, 9.17) is 27.9 Å². The standard InChI is InChI=1S/C21H22Cl2N2O3/c1-13(17-8-7-16(22)10-18(17)23)24-20(26)12-25-11-15-6-4-3-5-14(15)9-19(25)21(27)28-2/h3-8,10,13,19H,9,11-12H2,1-2H3,(H,24,26)/t13-,19-/m1/s1. The summed E-state index contributed by atoms with van der Waals surface area (Å²) in [5.41, 5.74) is 3.01.